The molecule has 0 aliphatic carbocycles. The number of benzene rings is 7. The van der Waals surface area contributed by atoms with Crippen LogP contribution in [0, 0.1) is 0 Å². The molecule has 9 aromatic rings. The molecule has 2 aromatic heterocycles. The number of aliphatic imine (C=N–C) groups is 3. The molecule has 10 heteroatoms. The molecule has 7 aromatic carbocycles. The normalized spacial score (nSPS) is 12.3. The molecule has 9 rings (SSSR count). The highest BCUT2D eigenvalue weighted by molar-refractivity contribution is 7.26. The average Bonchev–Trinajstić information content (AvgIpc) is 3.80. The summed E-state index contributed by atoms with van der Waals surface area (Å²) in [5.41, 5.74) is 5.24. The van der Waals surface area contributed by atoms with Crippen LogP contribution in [0.3, 0.4) is 0 Å². The maximum atomic E-state index is 11.0. The highest BCUT2D eigenvalue weighted by Gasteiger charge is 2.28. The van der Waals surface area contributed by atoms with Gasteiger partial charge < -0.3 is 30.1 Å². The van der Waals surface area contributed by atoms with E-state index in [-0.39, 0.29) is 5.56 Å². The van der Waals surface area contributed by atoms with Gasteiger partial charge in [-0.25, -0.2) is 9.98 Å². The van der Waals surface area contributed by atoms with Gasteiger partial charge >= 0.3 is 0 Å². The zero-order valence-electron chi connectivity index (χ0n) is 29.6. The summed E-state index contributed by atoms with van der Waals surface area (Å²) in [5, 5.41) is 56.6. The number of hydrogen-bond donors (Lipinski definition) is 5. The van der Waals surface area contributed by atoms with Crippen LogP contribution in [-0.4, -0.2) is 48.5 Å². The number of thiophene rings is 1. The lowest BCUT2D eigenvalue weighted by Crippen LogP contribution is -2.06. The van der Waals surface area contributed by atoms with Crippen molar-refractivity contribution in [2.45, 2.75) is 6.54 Å². The van der Waals surface area contributed by atoms with Crippen molar-refractivity contribution in [3.8, 4) is 45.6 Å². The third kappa shape index (κ3) is 5.50. The van der Waals surface area contributed by atoms with Crippen LogP contribution in [0.15, 0.2) is 155 Å². The van der Waals surface area contributed by atoms with Crippen LogP contribution in [-0.2, 0) is 6.54 Å². The smallest absolute Gasteiger partial charge is 0.208 e. The van der Waals surface area contributed by atoms with E-state index in [2.05, 4.69) is 28.4 Å². The Morgan fingerprint density at radius 1 is 0.554 bits per heavy atom. The van der Waals surface area contributed by atoms with Crippen molar-refractivity contribution in [1.29, 1.82) is 0 Å². The third-order valence-corrected chi connectivity index (χ3v) is 11.1. The summed E-state index contributed by atoms with van der Waals surface area (Å²) in [6, 6.07) is 45.2. The van der Waals surface area contributed by atoms with Crippen molar-refractivity contribution in [3.05, 3.63) is 156 Å². The topological polar surface area (TPSA) is 143 Å². The fraction of sp³-hybridized carbons (Fsp3) is 0.0217. The highest BCUT2D eigenvalue weighted by Crippen LogP contribution is 2.56. The van der Waals surface area contributed by atoms with Crippen molar-refractivity contribution >= 4 is 71.7 Å². The fourth-order valence-corrected chi connectivity index (χ4v) is 8.61. The average molecular weight is 753 g/mol. The van der Waals surface area contributed by atoms with E-state index >= 15 is 0 Å². The molecule has 9 nitrogen and oxygen atoms in total. The number of rotatable bonds is 6. The molecule has 0 unspecified atom stereocenters. The minimum absolute atomic E-state index is 0.214. The van der Waals surface area contributed by atoms with E-state index in [4.69, 9.17) is 9.98 Å². The molecule has 0 saturated carbocycles. The maximum Gasteiger partial charge on any atom is 0.208 e. The van der Waals surface area contributed by atoms with Crippen molar-refractivity contribution in [1.82, 2.24) is 4.57 Å². The lowest BCUT2D eigenvalue weighted by atomic mass is 9.96. The predicted molar refractivity (Wildman–Crippen MR) is 227 cm³/mol. The first-order valence-electron chi connectivity index (χ1n) is 17.7. The van der Waals surface area contributed by atoms with E-state index in [1.54, 1.807) is 23.5 Å². The number of hydrogen-bond acceptors (Lipinski definition) is 7. The van der Waals surface area contributed by atoms with Gasteiger partial charge in [-0.2, -0.15) is 0 Å². The zero-order valence-corrected chi connectivity index (χ0v) is 30.4. The van der Waals surface area contributed by atoms with E-state index in [9.17, 15) is 25.5 Å². The third-order valence-electron chi connectivity index (χ3n) is 9.97. The molecule has 0 aliphatic heterocycles. The van der Waals surface area contributed by atoms with Crippen LogP contribution in [0.1, 0.15) is 16.7 Å². The minimum Gasteiger partial charge on any atom is -0.504 e. The Morgan fingerprint density at radius 3 is 1.89 bits per heavy atom. The number of aromatic hydroxyl groups is 5. The number of aromatic nitrogens is 1. The Morgan fingerprint density at radius 2 is 1.16 bits per heavy atom. The van der Waals surface area contributed by atoms with Crippen LogP contribution < -0.4 is 0 Å². The molecule has 56 heavy (non-hydrogen) atoms. The van der Waals surface area contributed by atoms with Crippen molar-refractivity contribution < 1.29 is 25.5 Å². The maximum absolute atomic E-state index is 11.0. The van der Waals surface area contributed by atoms with Crippen molar-refractivity contribution in [2.75, 3.05) is 0 Å². The molecule has 0 fully saturated rings. The fourth-order valence-electron chi connectivity index (χ4n) is 7.46. The van der Waals surface area contributed by atoms with Gasteiger partial charge in [-0.15, -0.1) is 11.3 Å². The zero-order chi connectivity index (χ0) is 38.5. The summed E-state index contributed by atoms with van der Waals surface area (Å²) < 4.78 is 4.18. The van der Waals surface area contributed by atoms with Crippen LogP contribution >= 0.6 is 11.3 Å². The summed E-state index contributed by atoms with van der Waals surface area (Å²) in [6.07, 6.45) is 0. The van der Waals surface area contributed by atoms with Gasteiger partial charge in [0.2, 0.25) is 17.2 Å². The van der Waals surface area contributed by atoms with Gasteiger partial charge in [-0.1, -0.05) is 109 Å². The van der Waals surface area contributed by atoms with Gasteiger partial charge in [0.05, 0.1) is 28.8 Å². The van der Waals surface area contributed by atoms with Crippen LogP contribution in [0.25, 0.3) is 58.8 Å². The Kier molecular flexibility index (Phi) is 8.44. The van der Waals surface area contributed by atoms with Gasteiger partial charge in [0.25, 0.3) is 0 Å². The Bertz CT molecular complexity index is 3050. The molecule has 0 spiro atoms. The van der Waals surface area contributed by atoms with Gasteiger partial charge in [0.1, 0.15) is 0 Å². The first-order chi connectivity index (χ1) is 27.4. The van der Waals surface area contributed by atoms with Gasteiger partial charge in [0, 0.05) is 42.1 Å². The second-order valence-corrected chi connectivity index (χ2v) is 14.3. The number of phenolic OH excluding ortho intramolecular Hbond substituents is 5. The summed E-state index contributed by atoms with van der Waals surface area (Å²) in [7, 11) is 0. The molecule has 272 valence electrons. The predicted octanol–water partition coefficient (Wildman–Crippen LogP) is 10.4. The van der Waals surface area contributed by atoms with Gasteiger partial charge in [-0.3, -0.25) is 4.99 Å². The molecule has 0 atom stereocenters. The monoisotopic (exact) mass is 752 g/mol. The molecule has 5 N–H and O–H groups in total. The number of fused-ring (bicyclic) bond motifs is 6. The van der Waals surface area contributed by atoms with E-state index in [0.717, 1.165) is 59.0 Å². The van der Waals surface area contributed by atoms with E-state index in [0.29, 0.717) is 29.2 Å². The standard InChI is InChI=1S/C46H32N4O5S/c1-47-46(49-45(27-15-6-3-7-16-27)48-25-26-13-4-2-5-14-26)30-19-11-23-34-37(30)39-33(22-12-24-35(39)56-34)50-31-20-9-8-17-28(31)36-29(18-10-21-32(36)50)38-40(51)42(53)44(55)43(54)41(38)52/h2-24,51-55H,1,25H2/b48-45-,49-46-. The first-order valence-corrected chi connectivity index (χ1v) is 18.5. The quantitative estimate of drug-likeness (QED) is 0.0497. The molecule has 0 aliphatic rings. The highest BCUT2D eigenvalue weighted by atomic mass is 32.1. The summed E-state index contributed by atoms with van der Waals surface area (Å²) in [4.78, 5) is 14.5. The second kappa shape index (κ2) is 13.8. The van der Waals surface area contributed by atoms with Crippen molar-refractivity contribution in [3.63, 3.8) is 0 Å². The molecule has 0 bridgehead atoms. The number of nitrogens with zero attached hydrogens (tertiary/aromatic N) is 4. The molecular weight excluding hydrogens is 721 g/mol. The molecular formula is C46H32N4O5S. The number of amidine groups is 2. The van der Waals surface area contributed by atoms with E-state index in [1.165, 1.54) is 0 Å². The Labute approximate surface area is 324 Å². The largest absolute Gasteiger partial charge is 0.504 e. The van der Waals surface area contributed by atoms with Crippen LogP contribution in [0.2, 0.25) is 0 Å². The summed E-state index contributed by atoms with van der Waals surface area (Å²) in [5.74, 6) is -3.46. The lowest BCUT2D eigenvalue weighted by molar-refractivity contribution is 0.330. The molecule has 2 heterocycles. The minimum atomic E-state index is -1.01. The summed E-state index contributed by atoms with van der Waals surface area (Å²) in [6.45, 7) is 4.40. The van der Waals surface area contributed by atoms with Crippen molar-refractivity contribution in [2.24, 2.45) is 15.0 Å². The summed E-state index contributed by atoms with van der Waals surface area (Å²) >= 11 is 1.65. The second-order valence-electron chi connectivity index (χ2n) is 13.2. The van der Waals surface area contributed by atoms with Gasteiger partial charge in [-0.05, 0) is 48.2 Å². The molecule has 0 saturated heterocycles. The number of phenols is 5. The number of para-hydroxylation sites is 1. The van der Waals surface area contributed by atoms with Crippen LogP contribution in [0.5, 0.6) is 28.7 Å². The SMILES string of the molecule is C=N/C(=N\C(=N/Cc1ccccc1)c1ccccc1)c1cccc2sc3cccc(-n4c5ccccc5c5c(-c6c(O)c(O)c(O)c(O)c6O)cccc54)c3c12. The lowest BCUT2D eigenvalue weighted by Gasteiger charge is -2.14. The van der Waals surface area contributed by atoms with E-state index in [1.807, 2.05) is 115 Å². The Balaban J connectivity index is 1.31. The van der Waals surface area contributed by atoms with Crippen LogP contribution in [0.4, 0.5) is 0 Å². The molecule has 0 amide bonds. The Hall–Kier alpha value is -7.43. The first kappa shape index (κ1) is 34.3. The molecule has 0 radical (unpaired) electrons. The van der Waals surface area contributed by atoms with E-state index < -0.39 is 28.7 Å². The van der Waals surface area contributed by atoms with Gasteiger partial charge in [0.15, 0.2) is 23.2 Å².